The highest BCUT2D eigenvalue weighted by molar-refractivity contribution is 6.30. The van der Waals surface area contributed by atoms with E-state index in [4.69, 9.17) is 11.6 Å². The number of halogens is 1. The Morgan fingerprint density at radius 1 is 1.15 bits per heavy atom. The Bertz CT molecular complexity index is 925. The van der Waals surface area contributed by atoms with E-state index in [1.54, 1.807) is 0 Å². The maximum absolute atomic E-state index is 12.6. The van der Waals surface area contributed by atoms with Gasteiger partial charge < -0.3 is 4.90 Å². The van der Waals surface area contributed by atoms with Crippen LogP contribution in [0.15, 0.2) is 60.8 Å². The zero-order valence-corrected chi connectivity index (χ0v) is 15.7. The summed E-state index contributed by atoms with van der Waals surface area (Å²) in [6.45, 7) is 1.45. The monoisotopic (exact) mass is 380 g/mol. The molecule has 0 saturated carbocycles. The van der Waals surface area contributed by atoms with Gasteiger partial charge in [-0.15, -0.1) is 5.10 Å². The molecule has 1 amide bonds. The molecule has 27 heavy (non-hydrogen) atoms. The molecule has 1 fully saturated rings. The lowest BCUT2D eigenvalue weighted by Crippen LogP contribution is -2.29. The number of amides is 1. The Balaban J connectivity index is 1.34. The smallest absolute Gasteiger partial charge is 0.222 e. The van der Waals surface area contributed by atoms with Gasteiger partial charge in [0, 0.05) is 30.1 Å². The largest absolute Gasteiger partial charge is 0.340 e. The standard InChI is InChI=1S/C21H21ClN4O/c22-18-8-4-5-16(13-18)9-10-21(27)25-12-11-19(14-25)26-15-20(23-24-26)17-6-2-1-3-7-17/h1-8,13,15,19H,9-12,14H2/t19-/m1/s1. The van der Waals surface area contributed by atoms with E-state index in [0.717, 1.165) is 29.8 Å². The number of hydrogen-bond donors (Lipinski definition) is 0. The maximum Gasteiger partial charge on any atom is 0.222 e. The number of carbonyl (C=O) groups excluding carboxylic acids is 1. The van der Waals surface area contributed by atoms with Crippen LogP contribution in [0.3, 0.4) is 0 Å². The third kappa shape index (κ3) is 4.19. The van der Waals surface area contributed by atoms with Crippen molar-refractivity contribution >= 4 is 17.5 Å². The number of benzene rings is 2. The Kier molecular flexibility index (Phi) is 5.21. The van der Waals surface area contributed by atoms with E-state index in [0.29, 0.717) is 24.4 Å². The second-order valence-corrected chi connectivity index (χ2v) is 7.30. The number of nitrogens with zero attached hydrogens (tertiary/aromatic N) is 4. The molecule has 0 N–H and O–H groups in total. The average Bonchev–Trinajstić information content (AvgIpc) is 3.36. The molecule has 6 heteroatoms. The van der Waals surface area contributed by atoms with Gasteiger partial charge in [0.05, 0.1) is 12.2 Å². The quantitative estimate of drug-likeness (QED) is 0.672. The van der Waals surface area contributed by atoms with Crippen molar-refractivity contribution in [3.05, 3.63) is 71.4 Å². The zero-order valence-electron chi connectivity index (χ0n) is 15.0. The van der Waals surface area contributed by atoms with Crippen molar-refractivity contribution in [1.29, 1.82) is 0 Å². The van der Waals surface area contributed by atoms with Crippen LogP contribution in [0.2, 0.25) is 5.02 Å². The molecule has 1 aliphatic heterocycles. The van der Waals surface area contributed by atoms with Crippen LogP contribution in [0.4, 0.5) is 0 Å². The van der Waals surface area contributed by atoms with Crippen molar-refractivity contribution in [3.63, 3.8) is 0 Å². The van der Waals surface area contributed by atoms with Crippen LogP contribution < -0.4 is 0 Å². The van der Waals surface area contributed by atoms with Gasteiger partial charge in [-0.1, -0.05) is 59.3 Å². The molecule has 1 saturated heterocycles. The molecule has 0 aliphatic carbocycles. The molecule has 0 unspecified atom stereocenters. The zero-order chi connectivity index (χ0) is 18.6. The molecule has 1 atom stereocenters. The van der Waals surface area contributed by atoms with Gasteiger partial charge in [-0.25, -0.2) is 4.68 Å². The van der Waals surface area contributed by atoms with E-state index >= 15 is 0 Å². The Hall–Kier alpha value is -2.66. The summed E-state index contributed by atoms with van der Waals surface area (Å²) in [5, 5.41) is 9.28. The van der Waals surface area contributed by atoms with Crippen LogP contribution in [0.1, 0.15) is 24.4 Å². The highest BCUT2D eigenvalue weighted by Crippen LogP contribution is 2.24. The van der Waals surface area contributed by atoms with Crippen LogP contribution in [0.25, 0.3) is 11.3 Å². The lowest BCUT2D eigenvalue weighted by atomic mass is 10.1. The molecule has 5 nitrogen and oxygen atoms in total. The SMILES string of the molecule is O=C(CCc1cccc(Cl)c1)N1CC[C@@H](n2cc(-c3ccccc3)nn2)C1. The minimum atomic E-state index is 0.181. The summed E-state index contributed by atoms with van der Waals surface area (Å²) in [7, 11) is 0. The fourth-order valence-electron chi connectivity index (χ4n) is 3.48. The number of rotatable bonds is 5. The molecule has 2 heterocycles. The Morgan fingerprint density at radius 3 is 2.81 bits per heavy atom. The van der Waals surface area contributed by atoms with Gasteiger partial charge in [-0.3, -0.25) is 4.79 Å². The van der Waals surface area contributed by atoms with Crippen LogP contribution in [-0.2, 0) is 11.2 Å². The first-order chi connectivity index (χ1) is 13.2. The fraction of sp³-hybridized carbons (Fsp3) is 0.286. The first-order valence-electron chi connectivity index (χ1n) is 9.18. The molecule has 4 rings (SSSR count). The van der Waals surface area contributed by atoms with Crippen molar-refractivity contribution in [2.24, 2.45) is 0 Å². The van der Waals surface area contributed by atoms with Crippen molar-refractivity contribution in [3.8, 4) is 11.3 Å². The van der Waals surface area contributed by atoms with E-state index in [1.165, 1.54) is 0 Å². The first-order valence-corrected chi connectivity index (χ1v) is 9.56. The van der Waals surface area contributed by atoms with Gasteiger partial charge in [-0.2, -0.15) is 0 Å². The van der Waals surface area contributed by atoms with Crippen LogP contribution >= 0.6 is 11.6 Å². The van der Waals surface area contributed by atoms with Crippen molar-refractivity contribution in [2.45, 2.75) is 25.3 Å². The second kappa shape index (κ2) is 7.92. The van der Waals surface area contributed by atoms with E-state index in [2.05, 4.69) is 10.3 Å². The van der Waals surface area contributed by atoms with E-state index in [1.807, 2.05) is 70.4 Å². The summed E-state index contributed by atoms with van der Waals surface area (Å²) in [5.41, 5.74) is 3.01. The summed E-state index contributed by atoms with van der Waals surface area (Å²) >= 11 is 6.01. The van der Waals surface area contributed by atoms with Crippen LogP contribution in [0, 0.1) is 0 Å². The topological polar surface area (TPSA) is 51.0 Å². The molecule has 138 valence electrons. The molecule has 1 aromatic heterocycles. The minimum Gasteiger partial charge on any atom is -0.340 e. The predicted octanol–water partition coefficient (Wildman–Crippen LogP) is 4.00. The summed E-state index contributed by atoms with van der Waals surface area (Å²) in [5.74, 6) is 0.181. The van der Waals surface area contributed by atoms with Crippen molar-refractivity contribution < 1.29 is 4.79 Å². The predicted molar refractivity (Wildman–Crippen MR) is 105 cm³/mol. The second-order valence-electron chi connectivity index (χ2n) is 6.86. The van der Waals surface area contributed by atoms with E-state index < -0.39 is 0 Å². The normalized spacial score (nSPS) is 16.6. The van der Waals surface area contributed by atoms with Gasteiger partial charge in [0.2, 0.25) is 5.91 Å². The highest BCUT2D eigenvalue weighted by atomic mass is 35.5. The number of hydrogen-bond acceptors (Lipinski definition) is 3. The van der Waals surface area contributed by atoms with Crippen molar-refractivity contribution in [2.75, 3.05) is 13.1 Å². The third-order valence-electron chi connectivity index (χ3n) is 4.99. The van der Waals surface area contributed by atoms with E-state index in [-0.39, 0.29) is 11.9 Å². The van der Waals surface area contributed by atoms with Gasteiger partial charge in [0.25, 0.3) is 0 Å². The number of likely N-dealkylation sites (tertiary alicyclic amines) is 1. The molecule has 3 aromatic rings. The lowest BCUT2D eigenvalue weighted by molar-refractivity contribution is -0.130. The average molecular weight is 381 g/mol. The molecule has 1 aliphatic rings. The molecular weight excluding hydrogens is 360 g/mol. The summed E-state index contributed by atoms with van der Waals surface area (Å²) < 4.78 is 1.90. The molecule has 2 aromatic carbocycles. The van der Waals surface area contributed by atoms with Gasteiger partial charge in [0.1, 0.15) is 5.69 Å². The van der Waals surface area contributed by atoms with Crippen LogP contribution in [0.5, 0.6) is 0 Å². The molecule has 0 bridgehead atoms. The van der Waals surface area contributed by atoms with Gasteiger partial charge in [-0.05, 0) is 30.5 Å². The Morgan fingerprint density at radius 2 is 2.00 bits per heavy atom. The maximum atomic E-state index is 12.6. The first kappa shape index (κ1) is 17.7. The Labute approximate surface area is 163 Å². The summed E-state index contributed by atoms with van der Waals surface area (Å²) in [6.07, 6.45) is 4.09. The highest BCUT2D eigenvalue weighted by Gasteiger charge is 2.28. The fourth-order valence-corrected chi connectivity index (χ4v) is 3.70. The van der Waals surface area contributed by atoms with Gasteiger partial charge in [0.15, 0.2) is 0 Å². The molecular formula is C21H21ClN4O. The van der Waals surface area contributed by atoms with Gasteiger partial charge >= 0.3 is 0 Å². The van der Waals surface area contributed by atoms with Crippen LogP contribution in [-0.4, -0.2) is 38.9 Å². The summed E-state index contributed by atoms with van der Waals surface area (Å²) in [4.78, 5) is 14.5. The summed E-state index contributed by atoms with van der Waals surface area (Å²) in [6, 6.07) is 17.9. The number of aryl methyl sites for hydroxylation is 1. The minimum absolute atomic E-state index is 0.181. The number of aromatic nitrogens is 3. The third-order valence-corrected chi connectivity index (χ3v) is 5.22. The van der Waals surface area contributed by atoms with E-state index in [9.17, 15) is 4.79 Å². The molecule has 0 radical (unpaired) electrons. The molecule has 0 spiro atoms. The van der Waals surface area contributed by atoms with Crippen molar-refractivity contribution in [1.82, 2.24) is 19.9 Å². The number of carbonyl (C=O) groups is 1. The lowest BCUT2D eigenvalue weighted by Gasteiger charge is -2.16.